The molecule has 0 amide bonds. The number of aryl methyl sites for hydroxylation is 2. The van der Waals surface area contributed by atoms with Gasteiger partial charge >= 0.3 is 0 Å². The number of nitrogens with zero attached hydrogens (tertiary/aromatic N) is 4. The molecule has 2 heterocycles. The minimum atomic E-state index is 0.171. The van der Waals surface area contributed by atoms with E-state index in [-0.39, 0.29) is 5.95 Å². The van der Waals surface area contributed by atoms with Gasteiger partial charge in [-0.25, -0.2) is 9.67 Å². The monoisotopic (exact) mass is 416 g/mol. The number of hydrogen-bond acceptors (Lipinski definition) is 7. The van der Waals surface area contributed by atoms with Crippen molar-refractivity contribution >= 4 is 17.6 Å². The normalized spacial score (nSPS) is 10.7. The first-order valence-electron chi connectivity index (χ1n) is 9.74. The number of ether oxygens (including phenoxy) is 2. The lowest BCUT2D eigenvalue weighted by Crippen LogP contribution is -2.06. The van der Waals surface area contributed by atoms with E-state index in [1.165, 1.54) is 5.56 Å². The van der Waals surface area contributed by atoms with Gasteiger partial charge in [0, 0.05) is 17.8 Å². The third-order valence-electron chi connectivity index (χ3n) is 4.86. The third kappa shape index (κ3) is 4.13. The zero-order valence-corrected chi connectivity index (χ0v) is 17.9. The summed E-state index contributed by atoms with van der Waals surface area (Å²) in [6.07, 6.45) is 1.69. The summed E-state index contributed by atoms with van der Waals surface area (Å²) in [5, 5.41) is 8.00. The van der Waals surface area contributed by atoms with Gasteiger partial charge in [-0.15, -0.1) is 0 Å². The van der Waals surface area contributed by atoms with Gasteiger partial charge in [-0.3, -0.25) is 0 Å². The minimum absolute atomic E-state index is 0.171. The van der Waals surface area contributed by atoms with Gasteiger partial charge in [0.2, 0.25) is 5.95 Å². The molecule has 0 atom stereocenters. The molecule has 4 aromatic rings. The maximum Gasteiger partial charge on any atom is 0.221 e. The van der Waals surface area contributed by atoms with Crippen LogP contribution in [0.15, 0.2) is 54.7 Å². The lowest BCUT2D eigenvalue weighted by molar-refractivity contribution is 0.355. The standard InChI is InChI=1S/C23H24N6O2/c1-14-5-8-17(9-6-14)29-21(11-15(2)28-29)26-22-18(13-25-23(24)27-22)16-7-10-19(30-3)20(12-16)31-4/h5-13H,1-4H3,(H3,24,25,26,27). The molecule has 4 rings (SSSR count). The van der Waals surface area contributed by atoms with Gasteiger partial charge in [-0.2, -0.15) is 10.1 Å². The number of anilines is 3. The van der Waals surface area contributed by atoms with Crippen LogP contribution in [0.5, 0.6) is 11.5 Å². The fraction of sp³-hybridized carbons (Fsp3) is 0.174. The Bertz CT molecular complexity index is 1220. The summed E-state index contributed by atoms with van der Waals surface area (Å²) in [6, 6.07) is 15.7. The molecular weight excluding hydrogens is 392 g/mol. The number of methoxy groups -OCH3 is 2. The molecule has 0 radical (unpaired) electrons. The fourth-order valence-electron chi connectivity index (χ4n) is 3.30. The highest BCUT2D eigenvalue weighted by atomic mass is 16.5. The average molecular weight is 416 g/mol. The lowest BCUT2D eigenvalue weighted by Gasteiger charge is -2.14. The van der Waals surface area contributed by atoms with Crippen LogP contribution in [0.4, 0.5) is 17.6 Å². The fourth-order valence-corrected chi connectivity index (χ4v) is 3.30. The molecule has 0 unspecified atom stereocenters. The molecule has 158 valence electrons. The van der Waals surface area contributed by atoms with Crippen molar-refractivity contribution in [1.82, 2.24) is 19.7 Å². The van der Waals surface area contributed by atoms with Crippen molar-refractivity contribution in [2.24, 2.45) is 0 Å². The zero-order chi connectivity index (χ0) is 22.0. The van der Waals surface area contributed by atoms with Crippen LogP contribution < -0.4 is 20.5 Å². The molecule has 0 aliphatic carbocycles. The van der Waals surface area contributed by atoms with Gasteiger partial charge in [-0.1, -0.05) is 23.8 Å². The number of nitrogens with one attached hydrogen (secondary N) is 1. The van der Waals surface area contributed by atoms with Crippen molar-refractivity contribution in [3.8, 4) is 28.3 Å². The molecule has 0 spiro atoms. The number of nitrogens with two attached hydrogens (primary N) is 1. The number of rotatable bonds is 6. The number of nitrogen functional groups attached to an aromatic ring is 1. The molecule has 0 bridgehead atoms. The first kappa shape index (κ1) is 20.2. The highest BCUT2D eigenvalue weighted by molar-refractivity contribution is 5.79. The van der Waals surface area contributed by atoms with Crippen molar-refractivity contribution in [3.63, 3.8) is 0 Å². The Morgan fingerprint density at radius 3 is 2.39 bits per heavy atom. The van der Waals surface area contributed by atoms with Crippen LogP contribution >= 0.6 is 0 Å². The molecule has 2 aromatic heterocycles. The summed E-state index contributed by atoms with van der Waals surface area (Å²) in [5.41, 5.74) is 10.5. The van der Waals surface area contributed by atoms with E-state index in [2.05, 4.69) is 27.3 Å². The van der Waals surface area contributed by atoms with E-state index in [0.717, 1.165) is 28.3 Å². The topological polar surface area (TPSA) is 100 Å². The summed E-state index contributed by atoms with van der Waals surface area (Å²) >= 11 is 0. The van der Waals surface area contributed by atoms with Crippen LogP contribution in [-0.4, -0.2) is 34.0 Å². The van der Waals surface area contributed by atoms with Crippen molar-refractivity contribution in [1.29, 1.82) is 0 Å². The Hall–Kier alpha value is -4.07. The van der Waals surface area contributed by atoms with Gasteiger partial charge in [0.05, 0.1) is 25.6 Å². The molecule has 31 heavy (non-hydrogen) atoms. The Labute approximate surface area is 180 Å². The van der Waals surface area contributed by atoms with E-state index in [4.69, 9.17) is 15.2 Å². The van der Waals surface area contributed by atoms with Crippen molar-refractivity contribution in [2.45, 2.75) is 13.8 Å². The van der Waals surface area contributed by atoms with Crippen LogP contribution in [-0.2, 0) is 0 Å². The Balaban J connectivity index is 1.77. The van der Waals surface area contributed by atoms with Crippen molar-refractivity contribution < 1.29 is 9.47 Å². The Morgan fingerprint density at radius 1 is 0.935 bits per heavy atom. The highest BCUT2D eigenvalue weighted by Gasteiger charge is 2.15. The van der Waals surface area contributed by atoms with E-state index < -0.39 is 0 Å². The first-order chi connectivity index (χ1) is 15.0. The van der Waals surface area contributed by atoms with E-state index in [9.17, 15) is 0 Å². The molecule has 0 saturated heterocycles. The average Bonchev–Trinajstić information content (AvgIpc) is 3.14. The predicted octanol–water partition coefficient (Wildman–Crippen LogP) is 4.29. The Kier molecular flexibility index (Phi) is 5.44. The van der Waals surface area contributed by atoms with Crippen molar-refractivity contribution in [3.05, 3.63) is 66.0 Å². The van der Waals surface area contributed by atoms with E-state index >= 15 is 0 Å². The smallest absolute Gasteiger partial charge is 0.221 e. The summed E-state index contributed by atoms with van der Waals surface area (Å²) in [5.74, 6) is 2.76. The minimum Gasteiger partial charge on any atom is -0.493 e. The quantitative estimate of drug-likeness (QED) is 0.484. The molecule has 0 aliphatic heterocycles. The largest absolute Gasteiger partial charge is 0.493 e. The lowest BCUT2D eigenvalue weighted by atomic mass is 10.1. The molecule has 0 fully saturated rings. The van der Waals surface area contributed by atoms with E-state index in [1.807, 2.05) is 60.1 Å². The first-order valence-corrected chi connectivity index (χ1v) is 9.74. The maximum atomic E-state index is 5.90. The predicted molar refractivity (Wildman–Crippen MR) is 121 cm³/mol. The van der Waals surface area contributed by atoms with Gasteiger partial charge in [0.15, 0.2) is 11.5 Å². The second-order valence-electron chi connectivity index (χ2n) is 7.10. The molecular formula is C23H24N6O2. The van der Waals surface area contributed by atoms with Gasteiger partial charge in [-0.05, 0) is 43.7 Å². The van der Waals surface area contributed by atoms with Crippen LogP contribution in [0.1, 0.15) is 11.3 Å². The van der Waals surface area contributed by atoms with Crippen molar-refractivity contribution in [2.75, 3.05) is 25.3 Å². The van der Waals surface area contributed by atoms with Crippen LogP contribution in [0, 0.1) is 13.8 Å². The number of benzene rings is 2. The number of aromatic nitrogens is 4. The Morgan fingerprint density at radius 2 is 1.68 bits per heavy atom. The highest BCUT2D eigenvalue weighted by Crippen LogP contribution is 2.35. The van der Waals surface area contributed by atoms with Gasteiger partial charge in [0.25, 0.3) is 0 Å². The maximum absolute atomic E-state index is 5.90. The molecule has 2 aromatic carbocycles. The summed E-state index contributed by atoms with van der Waals surface area (Å²) in [4.78, 5) is 8.63. The van der Waals surface area contributed by atoms with E-state index in [0.29, 0.717) is 17.3 Å². The second kappa shape index (κ2) is 8.35. The van der Waals surface area contributed by atoms with Gasteiger partial charge in [0.1, 0.15) is 11.6 Å². The summed E-state index contributed by atoms with van der Waals surface area (Å²) in [6.45, 7) is 4.00. The zero-order valence-electron chi connectivity index (χ0n) is 17.9. The number of hydrogen-bond donors (Lipinski definition) is 2. The molecule has 3 N–H and O–H groups in total. The third-order valence-corrected chi connectivity index (χ3v) is 4.86. The summed E-state index contributed by atoms with van der Waals surface area (Å²) < 4.78 is 12.6. The summed E-state index contributed by atoms with van der Waals surface area (Å²) in [7, 11) is 3.20. The molecule has 8 nitrogen and oxygen atoms in total. The van der Waals surface area contributed by atoms with E-state index in [1.54, 1.807) is 20.4 Å². The SMILES string of the molecule is COc1ccc(-c2cnc(N)nc2Nc2cc(C)nn2-c2ccc(C)cc2)cc1OC. The van der Waals surface area contributed by atoms with Crippen LogP contribution in [0.25, 0.3) is 16.8 Å². The molecule has 0 aliphatic rings. The molecule has 8 heteroatoms. The second-order valence-corrected chi connectivity index (χ2v) is 7.10. The van der Waals surface area contributed by atoms with Gasteiger partial charge < -0.3 is 20.5 Å². The van der Waals surface area contributed by atoms with Crippen LogP contribution in [0.2, 0.25) is 0 Å². The molecule has 0 saturated carbocycles. The van der Waals surface area contributed by atoms with Crippen LogP contribution in [0.3, 0.4) is 0 Å².